The first-order valence-electron chi connectivity index (χ1n) is 8.58. The van der Waals surface area contributed by atoms with Crippen LogP contribution in [0, 0.1) is 11.3 Å². The number of anilines is 1. The molecule has 0 aliphatic carbocycles. The van der Waals surface area contributed by atoms with Crippen LogP contribution in [0.4, 0.5) is 5.82 Å². The molecule has 1 aliphatic rings. The molecule has 0 bridgehead atoms. The molecule has 1 aliphatic heterocycles. The van der Waals surface area contributed by atoms with Gasteiger partial charge in [-0.25, -0.2) is 9.97 Å². The van der Waals surface area contributed by atoms with Crippen molar-refractivity contribution in [3.63, 3.8) is 0 Å². The molecule has 0 atom stereocenters. The zero-order valence-corrected chi connectivity index (χ0v) is 14.0. The minimum Gasteiger partial charge on any atom is -0.356 e. The van der Waals surface area contributed by atoms with Gasteiger partial charge in [0.1, 0.15) is 23.4 Å². The molecule has 126 valence electrons. The molecule has 0 amide bonds. The number of aromatic amines is 1. The number of nitrogens with zero attached hydrogens (tertiary/aromatic N) is 5. The Morgan fingerprint density at radius 3 is 2.64 bits per heavy atom. The molecular weight excluding hydrogens is 312 g/mol. The quantitative estimate of drug-likeness (QED) is 0.793. The molecule has 1 saturated heterocycles. The van der Waals surface area contributed by atoms with Gasteiger partial charge in [-0.2, -0.15) is 5.26 Å². The van der Waals surface area contributed by atoms with Gasteiger partial charge in [-0.3, -0.25) is 4.90 Å². The molecule has 6 nitrogen and oxygen atoms in total. The smallest absolute Gasteiger partial charge is 0.156 e. The van der Waals surface area contributed by atoms with Crippen molar-refractivity contribution in [2.24, 2.45) is 0 Å². The van der Waals surface area contributed by atoms with Gasteiger partial charge in [-0.15, -0.1) is 0 Å². The third kappa shape index (κ3) is 3.19. The number of nitrogens with one attached hydrogen (secondary N) is 1. The van der Waals surface area contributed by atoms with Crippen LogP contribution in [0.2, 0.25) is 0 Å². The number of fused-ring (bicyclic) bond motifs is 1. The first-order chi connectivity index (χ1) is 12.3. The Kier molecular flexibility index (Phi) is 4.32. The van der Waals surface area contributed by atoms with E-state index in [-0.39, 0.29) is 0 Å². The normalized spacial score (nSPS) is 15.4. The molecule has 6 heteroatoms. The highest BCUT2D eigenvalue weighted by atomic mass is 15.3. The second-order valence-electron chi connectivity index (χ2n) is 6.30. The molecule has 0 saturated carbocycles. The van der Waals surface area contributed by atoms with E-state index in [1.54, 1.807) is 12.5 Å². The Balaban J connectivity index is 1.41. The monoisotopic (exact) mass is 332 g/mol. The number of hydrogen-bond acceptors (Lipinski definition) is 5. The second kappa shape index (κ2) is 6.91. The van der Waals surface area contributed by atoms with Gasteiger partial charge in [0.05, 0.1) is 5.56 Å². The molecule has 0 radical (unpaired) electrons. The number of nitriles is 1. The molecule has 0 unspecified atom stereocenters. The first kappa shape index (κ1) is 15.6. The van der Waals surface area contributed by atoms with E-state index in [2.05, 4.69) is 61.2 Å². The fraction of sp³-hybridized carbons (Fsp3) is 0.316. The summed E-state index contributed by atoms with van der Waals surface area (Å²) in [5, 5.41) is 9.16. The number of H-pyrrole nitrogens is 1. The average Bonchev–Trinajstić information content (AvgIpc) is 3.11. The fourth-order valence-electron chi connectivity index (χ4n) is 3.37. The Hall–Kier alpha value is -2.91. The zero-order valence-electron chi connectivity index (χ0n) is 14.0. The minimum absolute atomic E-state index is 0.570. The van der Waals surface area contributed by atoms with Gasteiger partial charge in [-0.1, -0.05) is 30.3 Å². The van der Waals surface area contributed by atoms with E-state index in [1.807, 2.05) is 0 Å². The molecule has 4 rings (SSSR count). The van der Waals surface area contributed by atoms with Crippen LogP contribution >= 0.6 is 0 Å². The maximum atomic E-state index is 9.16. The molecule has 1 N–H and O–H groups in total. The predicted octanol–water partition coefficient (Wildman–Crippen LogP) is 2.19. The lowest BCUT2D eigenvalue weighted by molar-refractivity contribution is 0.260. The lowest BCUT2D eigenvalue weighted by Gasteiger charge is -2.35. The average molecular weight is 332 g/mol. The van der Waals surface area contributed by atoms with Crippen LogP contribution in [0.1, 0.15) is 11.1 Å². The van der Waals surface area contributed by atoms with Crippen molar-refractivity contribution in [1.29, 1.82) is 5.26 Å². The van der Waals surface area contributed by atoms with Gasteiger partial charge in [0, 0.05) is 38.9 Å². The molecule has 0 spiro atoms. The number of hydrogen-bond donors (Lipinski definition) is 1. The number of benzene rings is 1. The van der Waals surface area contributed by atoms with E-state index in [4.69, 9.17) is 5.26 Å². The lowest BCUT2D eigenvalue weighted by Crippen LogP contribution is -2.47. The molecule has 25 heavy (non-hydrogen) atoms. The summed E-state index contributed by atoms with van der Waals surface area (Å²) in [6, 6.07) is 12.8. The Morgan fingerprint density at radius 1 is 1.08 bits per heavy atom. The topological polar surface area (TPSA) is 71.8 Å². The van der Waals surface area contributed by atoms with Crippen LogP contribution in [-0.4, -0.2) is 52.6 Å². The van der Waals surface area contributed by atoms with E-state index >= 15 is 0 Å². The van der Waals surface area contributed by atoms with Crippen molar-refractivity contribution in [2.45, 2.75) is 6.42 Å². The summed E-state index contributed by atoms with van der Waals surface area (Å²) in [6.07, 6.45) is 4.34. The lowest BCUT2D eigenvalue weighted by atomic mass is 10.1. The van der Waals surface area contributed by atoms with Gasteiger partial charge in [0.15, 0.2) is 5.82 Å². The highest BCUT2D eigenvalue weighted by molar-refractivity contribution is 5.90. The molecular formula is C19H20N6. The third-order valence-corrected chi connectivity index (χ3v) is 4.80. The minimum atomic E-state index is 0.570. The van der Waals surface area contributed by atoms with Crippen LogP contribution in [0.3, 0.4) is 0 Å². The highest BCUT2D eigenvalue weighted by Gasteiger charge is 2.21. The molecule has 1 aromatic carbocycles. The summed E-state index contributed by atoms with van der Waals surface area (Å²) in [4.78, 5) is 16.6. The van der Waals surface area contributed by atoms with E-state index in [0.717, 1.165) is 50.5 Å². The Labute approximate surface area is 146 Å². The maximum Gasteiger partial charge on any atom is 0.156 e. The second-order valence-corrected chi connectivity index (χ2v) is 6.30. The predicted molar refractivity (Wildman–Crippen MR) is 97.4 cm³/mol. The number of aromatic nitrogens is 3. The highest BCUT2D eigenvalue weighted by Crippen LogP contribution is 2.24. The van der Waals surface area contributed by atoms with Crippen molar-refractivity contribution in [1.82, 2.24) is 19.9 Å². The number of rotatable bonds is 4. The van der Waals surface area contributed by atoms with Gasteiger partial charge < -0.3 is 9.88 Å². The van der Waals surface area contributed by atoms with Crippen LogP contribution in [0.5, 0.6) is 0 Å². The Morgan fingerprint density at radius 2 is 1.88 bits per heavy atom. The van der Waals surface area contributed by atoms with Crippen molar-refractivity contribution in [3.05, 3.63) is 54.0 Å². The maximum absolute atomic E-state index is 9.16. The summed E-state index contributed by atoms with van der Waals surface area (Å²) in [7, 11) is 0. The summed E-state index contributed by atoms with van der Waals surface area (Å²) in [6.45, 7) is 4.98. The van der Waals surface area contributed by atoms with Gasteiger partial charge >= 0.3 is 0 Å². The van der Waals surface area contributed by atoms with Gasteiger partial charge in [0.2, 0.25) is 0 Å². The zero-order chi connectivity index (χ0) is 17.1. The molecule has 3 aromatic rings. The van der Waals surface area contributed by atoms with Crippen molar-refractivity contribution in [3.8, 4) is 6.07 Å². The largest absolute Gasteiger partial charge is 0.356 e. The number of piperazine rings is 1. The molecule has 3 heterocycles. The fourth-order valence-corrected chi connectivity index (χ4v) is 3.37. The van der Waals surface area contributed by atoms with Crippen molar-refractivity contribution >= 4 is 16.9 Å². The third-order valence-electron chi connectivity index (χ3n) is 4.80. The van der Waals surface area contributed by atoms with Gasteiger partial charge in [0.25, 0.3) is 0 Å². The van der Waals surface area contributed by atoms with E-state index in [0.29, 0.717) is 11.1 Å². The molecule has 2 aromatic heterocycles. The first-order valence-corrected chi connectivity index (χ1v) is 8.58. The van der Waals surface area contributed by atoms with Crippen LogP contribution in [-0.2, 0) is 6.42 Å². The van der Waals surface area contributed by atoms with Gasteiger partial charge in [-0.05, 0) is 12.0 Å². The SMILES string of the molecule is N#Cc1c[nH]c2c(N3CCN(CCc4ccccc4)CC3)ncnc12. The van der Waals surface area contributed by atoms with Crippen LogP contribution in [0.25, 0.3) is 11.0 Å². The standard InChI is InChI=1S/C19H20N6/c20-12-16-13-21-18-17(16)22-14-23-19(18)25-10-8-24(9-11-25)7-6-15-4-2-1-3-5-15/h1-5,13-14,21H,6-11H2. The molecule has 1 fully saturated rings. The summed E-state index contributed by atoms with van der Waals surface area (Å²) < 4.78 is 0. The summed E-state index contributed by atoms with van der Waals surface area (Å²) >= 11 is 0. The Bertz CT molecular complexity index is 887. The van der Waals surface area contributed by atoms with Crippen molar-refractivity contribution in [2.75, 3.05) is 37.6 Å². The van der Waals surface area contributed by atoms with E-state index < -0.39 is 0 Å². The van der Waals surface area contributed by atoms with Crippen molar-refractivity contribution < 1.29 is 0 Å². The van der Waals surface area contributed by atoms with Crippen LogP contribution in [0.15, 0.2) is 42.9 Å². The van der Waals surface area contributed by atoms with Crippen LogP contribution < -0.4 is 4.90 Å². The van der Waals surface area contributed by atoms with E-state index in [1.165, 1.54) is 5.56 Å². The van der Waals surface area contributed by atoms with E-state index in [9.17, 15) is 0 Å². The summed E-state index contributed by atoms with van der Waals surface area (Å²) in [5.74, 6) is 0.897. The summed E-state index contributed by atoms with van der Waals surface area (Å²) in [5.41, 5.74) is 3.52.